The van der Waals surface area contributed by atoms with Gasteiger partial charge < -0.3 is 4.74 Å². The van der Waals surface area contributed by atoms with Gasteiger partial charge in [0.2, 0.25) is 0 Å². The van der Waals surface area contributed by atoms with Crippen molar-refractivity contribution in [3.63, 3.8) is 0 Å². The molecule has 0 N–H and O–H groups in total. The fraction of sp³-hybridized carbons (Fsp3) is 0.545. The first-order valence-electron chi connectivity index (χ1n) is 5.15. The first-order chi connectivity index (χ1) is 8.20. The quantitative estimate of drug-likeness (QED) is 0.851. The van der Waals surface area contributed by atoms with Crippen LogP contribution in [0.5, 0.6) is 5.75 Å². The van der Waals surface area contributed by atoms with E-state index >= 15 is 0 Å². The summed E-state index contributed by atoms with van der Waals surface area (Å²) >= 11 is 0. The van der Waals surface area contributed by atoms with E-state index in [1.54, 1.807) is 13.8 Å². The number of aryl methyl sites for hydroxylation is 1. The monoisotopic (exact) mass is 281 g/mol. The highest BCUT2D eigenvalue weighted by Crippen LogP contribution is 2.27. The number of hydrogen-bond donors (Lipinski definition) is 0. The van der Waals surface area contributed by atoms with Crippen molar-refractivity contribution in [2.24, 2.45) is 0 Å². The first kappa shape index (κ1) is 14.9. The molecule has 3 nitrogen and oxygen atoms in total. The fourth-order valence-corrected chi connectivity index (χ4v) is 2.15. The van der Waals surface area contributed by atoms with Crippen molar-refractivity contribution >= 4 is 10.8 Å². The zero-order valence-electron chi connectivity index (χ0n) is 10.3. The summed E-state index contributed by atoms with van der Waals surface area (Å²) in [7, 11) is -1.10. The Morgan fingerprint density at radius 2 is 2.00 bits per heavy atom. The molecule has 0 amide bonds. The number of halogens is 3. The van der Waals surface area contributed by atoms with E-state index < -0.39 is 23.6 Å². The molecule has 1 heterocycles. The van der Waals surface area contributed by atoms with Crippen LogP contribution in [0.4, 0.5) is 13.2 Å². The predicted molar refractivity (Wildman–Crippen MR) is 63.0 cm³/mol. The Labute approximate surface area is 106 Å². The molecule has 0 aromatic carbocycles. The van der Waals surface area contributed by atoms with E-state index in [-0.39, 0.29) is 11.5 Å². The number of aromatic nitrogens is 1. The zero-order chi connectivity index (χ0) is 13.9. The fourth-order valence-electron chi connectivity index (χ4n) is 1.47. The van der Waals surface area contributed by atoms with Gasteiger partial charge in [0.15, 0.2) is 6.61 Å². The van der Waals surface area contributed by atoms with Gasteiger partial charge in [0.25, 0.3) is 0 Å². The van der Waals surface area contributed by atoms with Gasteiger partial charge >= 0.3 is 6.18 Å². The van der Waals surface area contributed by atoms with Crippen molar-refractivity contribution in [3.8, 4) is 5.75 Å². The number of ether oxygens (including phenoxy) is 1. The van der Waals surface area contributed by atoms with Gasteiger partial charge in [0.05, 0.1) is 11.4 Å². The average molecular weight is 281 g/mol. The van der Waals surface area contributed by atoms with Crippen LogP contribution in [0.1, 0.15) is 16.8 Å². The molecule has 0 aliphatic rings. The lowest BCUT2D eigenvalue weighted by Crippen LogP contribution is -2.20. The summed E-state index contributed by atoms with van der Waals surface area (Å²) in [4.78, 5) is 4.07. The van der Waals surface area contributed by atoms with E-state index in [4.69, 9.17) is 4.74 Å². The molecule has 102 valence electrons. The van der Waals surface area contributed by atoms with Crippen LogP contribution in [0.3, 0.4) is 0 Å². The smallest absolute Gasteiger partial charge is 0.422 e. The highest BCUT2D eigenvalue weighted by Gasteiger charge is 2.29. The third-order valence-corrected chi connectivity index (χ3v) is 2.95. The molecule has 0 radical (unpaired) electrons. The van der Waals surface area contributed by atoms with E-state index in [0.717, 1.165) is 0 Å². The highest BCUT2D eigenvalue weighted by atomic mass is 32.2. The van der Waals surface area contributed by atoms with Crippen molar-refractivity contribution in [1.29, 1.82) is 0 Å². The Morgan fingerprint density at radius 3 is 2.50 bits per heavy atom. The van der Waals surface area contributed by atoms with Crippen LogP contribution < -0.4 is 4.74 Å². The van der Waals surface area contributed by atoms with Gasteiger partial charge in [-0.05, 0) is 13.8 Å². The maximum Gasteiger partial charge on any atom is 0.422 e. The van der Waals surface area contributed by atoms with E-state index in [2.05, 4.69) is 4.98 Å². The van der Waals surface area contributed by atoms with Crippen LogP contribution in [0.15, 0.2) is 6.20 Å². The average Bonchev–Trinajstić information content (AvgIpc) is 2.20. The summed E-state index contributed by atoms with van der Waals surface area (Å²) in [5, 5.41) is 0. The van der Waals surface area contributed by atoms with Gasteiger partial charge in [0, 0.05) is 34.4 Å². The molecule has 18 heavy (non-hydrogen) atoms. The van der Waals surface area contributed by atoms with Crippen LogP contribution in [0, 0.1) is 13.8 Å². The molecule has 0 saturated carbocycles. The Morgan fingerprint density at radius 1 is 1.39 bits per heavy atom. The SMILES string of the molecule is Cc1cnc(C[S@](C)=O)c(C)c1OCC(F)(F)F. The second-order valence-corrected chi connectivity index (χ2v) is 5.40. The normalized spacial score (nSPS) is 13.4. The molecule has 1 aromatic rings. The number of hydrogen-bond acceptors (Lipinski definition) is 3. The van der Waals surface area contributed by atoms with E-state index in [9.17, 15) is 17.4 Å². The van der Waals surface area contributed by atoms with Crippen molar-refractivity contribution in [2.75, 3.05) is 12.9 Å². The van der Waals surface area contributed by atoms with E-state index in [1.165, 1.54) is 12.5 Å². The number of nitrogens with zero attached hydrogens (tertiary/aromatic N) is 1. The van der Waals surface area contributed by atoms with E-state index in [1.807, 2.05) is 0 Å². The van der Waals surface area contributed by atoms with Gasteiger partial charge in [-0.15, -0.1) is 0 Å². The Bertz CT molecular complexity index is 460. The van der Waals surface area contributed by atoms with Gasteiger partial charge in [-0.25, -0.2) is 0 Å². The minimum atomic E-state index is -4.38. The molecule has 0 aliphatic heterocycles. The lowest BCUT2D eigenvalue weighted by atomic mass is 10.1. The molecule has 1 atom stereocenters. The zero-order valence-corrected chi connectivity index (χ0v) is 11.1. The van der Waals surface area contributed by atoms with Crippen LogP contribution in [0.25, 0.3) is 0 Å². The second kappa shape index (κ2) is 5.69. The lowest BCUT2D eigenvalue weighted by Gasteiger charge is -2.15. The molecule has 0 saturated heterocycles. The highest BCUT2D eigenvalue weighted by molar-refractivity contribution is 7.83. The molecule has 0 aliphatic carbocycles. The minimum absolute atomic E-state index is 0.169. The second-order valence-electron chi connectivity index (χ2n) is 3.96. The van der Waals surface area contributed by atoms with Crippen LogP contribution in [-0.4, -0.2) is 28.2 Å². The van der Waals surface area contributed by atoms with Gasteiger partial charge in [0.1, 0.15) is 5.75 Å². The third-order valence-electron chi connectivity index (χ3n) is 2.27. The molecule has 0 fully saturated rings. The first-order valence-corrected chi connectivity index (χ1v) is 6.88. The number of pyridine rings is 1. The summed E-state index contributed by atoms with van der Waals surface area (Å²) in [5.74, 6) is 0.372. The summed E-state index contributed by atoms with van der Waals surface area (Å²) in [6.45, 7) is 1.90. The molecule has 0 spiro atoms. The van der Waals surface area contributed by atoms with Crippen LogP contribution in [0.2, 0.25) is 0 Å². The van der Waals surface area contributed by atoms with Crippen LogP contribution in [-0.2, 0) is 16.6 Å². The van der Waals surface area contributed by atoms with E-state index in [0.29, 0.717) is 16.8 Å². The summed E-state index contributed by atoms with van der Waals surface area (Å²) in [6, 6.07) is 0. The van der Waals surface area contributed by atoms with Crippen molar-refractivity contribution in [1.82, 2.24) is 4.98 Å². The largest absolute Gasteiger partial charge is 0.483 e. The minimum Gasteiger partial charge on any atom is -0.483 e. The van der Waals surface area contributed by atoms with Gasteiger partial charge in [-0.2, -0.15) is 13.2 Å². The van der Waals surface area contributed by atoms with Gasteiger partial charge in [-0.1, -0.05) is 0 Å². The maximum atomic E-state index is 12.1. The lowest BCUT2D eigenvalue weighted by molar-refractivity contribution is -0.153. The molecule has 7 heteroatoms. The molecular weight excluding hydrogens is 267 g/mol. The standard InChI is InChI=1S/C11H14F3NO2S/c1-7-4-15-9(5-18(3)16)8(2)10(7)17-6-11(12,13)14/h4H,5-6H2,1-3H3/t18-/m0/s1. The van der Waals surface area contributed by atoms with Gasteiger partial charge in [-0.3, -0.25) is 9.19 Å². The summed E-state index contributed by atoms with van der Waals surface area (Å²) < 4.78 is 52.3. The van der Waals surface area contributed by atoms with Crippen molar-refractivity contribution < 1.29 is 22.1 Å². The molecular formula is C11H14F3NO2S. The number of rotatable bonds is 4. The topological polar surface area (TPSA) is 39.2 Å². The van der Waals surface area contributed by atoms with Crippen molar-refractivity contribution in [2.45, 2.75) is 25.8 Å². The summed E-state index contributed by atoms with van der Waals surface area (Å²) in [6.07, 6.45) is -1.44. The molecule has 1 aromatic heterocycles. The van der Waals surface area contributed by atoms with Crippen molar-refractivity contribution in [3.05, 3.63) is 23.0 Å². The molecule has 0 unspecified atom stereocenters. The maximum absolute atomic E-state index is 12.1. The predicted octanol–water partition coefficient (Wildman–Crippen LogP) is 2.52. The number of alkyl halides is 3. The Kier molecular flexibility index (Phi) is 4.72. The van der Waals surface area contributed by atoms with Crippen LogP contribution >= 0.6 is 0 Å². The third kappa shape index (κ3) is 4.29. The molecule has 0 bridgehead atoms. The Hall–Kier alpha value is -1.11. The summed E-state index contributed by atoms with van der Waals surface area (Å²) in [5.41, 5.74) is 1.54. The Balaban J connectivity index is 2.99. The molecule has 1 rings (SSSR count).